The monoisotopic (exact) mass is 336 g/mol. The Balaban J connectivity index is 1.51. The second-order valence-corrected chi connectivity index (χ2v) is 6.23. The van der Waals surface area contributed by atoms with Gasteiger partial charge >= 0.3 is 0 Å². The Labute approximate surface area is 145 Å². The minimum absolute atomic E-state index is 0.0383. The van der Waals surface area contributed by atoms with E-state index in [4.69, 9.17) is 0 Å². The van der Waals surface area contributed by atoms with Gasteiger partial charge in [0.2, 0.25) is 0 Å². The summed E-state index contributed by atoms with van der Waals surface area (Å²) in [7, 11) is 0. The van der Waals surface area contributed by atoms with Crippen LogP contribution < -0.4 is 0 Å². The number of nitrogens with zero attached hydrogens (tertiary/aromatic N) is 6. The van der Waals surface area contributed by atoms with Gasteiger partial charge in [0.1, 0.15) is 0 Å². The van der Waals surface area contributed by atoms with E-state index in [1.807, 2.05) is 46.2 Å². The molecule has 0 bridgehead atoms. The van der Waals surface area contributed by atoms with Crippen molar-refractivity contribution in [2.24, 2.45) is 0 Å². The third-order valence-electron chi connectivity index (χ3n) is 4.58. The molecule has 1 atom stereocenters. The van der Waals surface area contributed by atoms with Gasteiger partial charge in [-0.2, -0.15) is 10.2 Å². The van der Waals surface area contributed by atoms with Crippen molar-refractivity contribution in [3.05, 3.63) is 60.8 Å². The number of amides is 1. The number of carbonyl (C=O) groups is 1. The highest BCUT2D eigenvalue weighted by atomic mass is 16.2. The maximum Gasteiger partial charge on any atom is 0.255 e. The zero-order valence-corrected chi connectivity index (χ0v) is 13.9. The van der Waals surface area contributed by atoms with E-state index in [2.05, 4.69) is 15.2 Å². The highest BCUT2D eigenvalue weighted by Crippen LogP contribution is 2.21. The second-order valence-electron chi connectivity index (χ2n) is 6.23. The number of likely N-dealkylation sites (tertiary alicyclic amines) is 1. The fraction of sp³-hybridized carbons (Fsp3) is 0.333. The second kappa shape index (κ2) is 6.88. The van der Waals surface area contributed by atoms with Crippen molar-refractivity contribution in [1.29, 1.82) is 0 Å². The van der Waals surface area contributed by atoms with Gasteiger partial charge in [0.05, 0.1) is 18.2 Å². The van der Waals surface area contributed by atoms with Crippen molar-refractivity contribution in [3.8, 4) is 5.82 Å². The van der Waals surface area contributed by atoms with E-state index in [1.54, 1.807) is 23.3 Å². The van der Waals surface area contributed by atoms with Crippen LogP contribution in [-0.2, 0) is 6.54 Å². The Kier molecular flexibility index (Phi) is 4.28. The lowest BCUT2D eigenvalue weighted by molar-refractivity contribution is 0.0583. The standard InChI is InChI=1S/C18H20N6O/c25-18(15-6-7-17(19-13-15)24-12-4-9-21-24)23-11-2-1-5-16(23)14-22-10-3-8-20-22/h3-4,6-10,12-13,16H,1-2,5,11,14H2/t16-/m1/s1. The topological polar surface area (TPSA) is 68.8 Å². The van der Waals surface area contributed by atoms with E-state index in [1.165, 1.54) is 0 Å². The molecule has 0 saturated carbocycles. The summed E-state index contributed by atoms with van der Waals surface area (Å²) >= 11 is 0. The number of rotatable bonds is 4. The number of piperidine rings is 1. The van der Waals surface area contributed by atoms with Gasteiger partial charge in [0, 0.05) is 37.5 Å². The van der Waals surface area contributed by atoms with Gasteiger partial charge in [-0.1, -0.05) is 0 Å². The summed E-state index contributed by atoms with van der Waals surface area (Å²) < 4.78 is 3.57. The SMILES string of the molecule is O=C(c1ccc(-n2cccn2)nc1)N1CCCC[C@@H]1Cn1cccn1. The van der Waals surface area contributed by atoms with E-state index in [9.17, 15) is 4.79 Å². The molecule has 1 amide bonds. The van der Waals surface area contributed by atoms with Crippen LogP contribution in [0.1, 0.15) is 29.6 Å². The Morgan fingerprint density at radius 1 is 1.12 bits per heavy atom. The molecular weight excluding hydrogens is 316 g/mol. The molecule has 4 heterocycles. The highest BCUT2D eigenvalue weighted by Gasteiger charge is 2.28. The van der Waals surface area contributed by atoms with Crippen LogP contribution in [0.15, 0.2) is 55.2 Å². The summed E-state index contributed by atoms with van der Waals surface area (Å²) in [5, 5.41) is 8.43. The van der Waals surface area contributed by atoms with Crippen LogP contribution in [0.25, 0.3) is 5.82 Å². The average Bonchev–Trinajstić information content (AvgIpc) is 3.36. The van der Waals surface area contributed by atoms with Crippen LogP contribution in [0.3, 0.4) is 0 Å². The molecule has 1 saturated heterocycles. The Bertz CT molecular complexity index is 810. The molecule has 0 N–H and O–H groups in total. The molecule has 1 aliphatic heterocycles. The van der Waals surface area contributed by atoms with Crippen molar-refractivity contribution in [3.63, 3.8) is 0 Å². The fourth-order valence-electron chi connectivity index (χ4n) is 3.30. The number of hydrogen-bond donors (Lipinski definition) is 0. The zero-order chi connectivity index (χ0) is 17.1. The third kappa shape index (κ3) is 3.31. The summed E-state index contributed by atoms with van der Waals surface area (Å²) in [5.74, 6) is 0.740. The van der Waals surface area contributed by atoms with Gasteiger partial charge in [0.15, 0.2) is 5.82 Å². The van der Waals surface area contributed by atoms with E-state index in [-0.39, 0.29) is 11.9 Å². The predicted molar refractivity (Wildman–Crippen MR) is 92.3 cm³/mol. The van der Waals surface area contributed by atoms with Crippen LogP contribution in [0.4, 0.5) is 0 Å². The largest absolute Gasteiger partial charge is 0.334 e. The van der Waals surface area contributed by atoms with Crippen LogP contribution in [0.5, 0.6) is 0 Å². The van der Waals surface area contributed by atoms with E-state index in [0.29, 0.717) is 11.4 Å². The quantitative estimate of drug-likeness (QED) is 0.732. The predicted octanol–water partition coefficient (Wildman–Crippen LogP) is 2.16. The van der Waals surface area contributed by atoms with Crippen molar-refractivity contribution in [2.75, 3.05) is 6.54 Å². The molecule has 0 aliphatic carbocycles. The summed E-state index contributed by atoms with van der Waals surface area (Å²) in [5.41, 5.74) is 0.614. The molecule has 7 heteroatoms. The van der Waals surface area contributed by atoms with Crippen molar-refractivity contribution >= 4 is 5.91 Å². The first-order chi connectivity index (χ1) is 12.3. The first kappa shape index (κ1) is 15.6. The van der Waals surface area contributed by atoms with Crippen LogP contribution in [0.2, 0.25) is 0 Å². The lowest BCUT2D eigenvalue weighted by Crippen LogP contribution is -2.46. The molecule has 0 spiro atoms. The van der Waals surface area contributed by atoms with Crippen LogP contribution in [-0.4, -0.2) is 47.9 Å². The van der Waals surface area contributed by atoms with E-state index < -0.39 is 0 Å². The van der Waals surface area contributed by atoms with Crippen LogP contribution in [0, 0.1) is 0 Å². The van der Waals surface area contributed by atoms with Crippen molar-refractivity contribution < 1.29 is 4.79 Å². The number of pyridine rings is 1. The van der Waals surface area contributed by atoms with Gasteiger partial charge < -0.3 is 4.90 Å². The highest BCUT2D eigenvalue weighted by molar-refractivity contribution is 5.94. The lowest BCUT2D eigenvalue weighted by atomic mass is 10.0. The van der Waals surface area contributed by atoms with Gasteiger partial charge in [0.25, 0.3) is 5.91 Å². The molecule has 0 radical (unpaired) electrons. The molecule has 1 aliphatic rings. The summed E-state index contributed by atoms with van der Waals surface area (Å²) in [4.78, 5) is 19.3. The summed E-state index contributed by atoms with van der Waals surface area (Å²) in [6, 6.07) is 7.58. The average molecular weight is 336 g/mol. The molecule has 1 fully saturated rings. The molecule has 0 unspecified atom stereocenters. The number of hydrogen-bond acceptors (Lipinski definition) is 4. The van der Waals surface area contributed by atoms with E-state index in [0.717, 1.165) is 32.4 Å². The van der Waals surface area contributed by atoms with Gasteiger partial charge in [-0.05, 0) is 43.5 Å². The van der Waals surface area contributed by atoms with Crippen molar-refractivity contribution in [2.45, 2.75) is 31.8 Å². The summed E-state index contributed by atoms with van der Waals surface area (Å²) in [6.45, 7) is 1.52. The van der Waals surface area contributed by atoms with Gasteiger partial charge in [-0.15, -0.1) is 0 Å². The Morgan fingerprint density at radius 3 is 2.72 bits per heavy atom. The van der Waals surface area contributed by atoms with Crippen LogP contribution >= 0.6 is 0 Å². The molecule has 3 aromatic rings. The molecule has 3 aromatic heterocycles. The minimum atomic E-state index is 0.0383. The minimum Gasteiger partial charge on any atom is -0.334 e. The smallest absolute Gasteiger partial charge is 0.255 e. The maximum absolute atomic E-state index is 13.0. The van der Waals surface area contributed by atoms with Crippen molar-refractivity contribution in [1.82, 2.24) is 29.4 Å². The number of carbonyl (C=O) groups excluding carboxylic acids is 1. The van der Waals surface area contributed by atoms with E-state index >= 15 is 0 Å². The number of aromatic nitrogens is 5. The third-order valence-corrected chi connectivity index (χ3v) is 4.58. The van der Waals surface area contributed by atoms with Gasteiger partial charge in [-0.3, -0.25) is 9.48 Å². The first-order valence-electron chi connectivity index (χ1n) is 8.56. The Hall–Kier alpha value is -2.96. The normalized spacial score (nSPS) is 17.6. The fourth-order valence-corrected chi connectivity index (χ4v) is 3.30. The molecule has 7 nitrogen and oxygen atoms in total. The zero-order valence-electron chi connectivity index (χ0n) is 13.9. The molecule has 128 valence electrons. The maximum atomic E-state index is 13.0. The lowest BCUT2D eigenvalue weighted by Gasteiger charge is -2.35. The summed E-state index contributed by atoms with van der Waals surface area (Å²) in [6.07, 6.45) is 12.1. The molecule has 0 aromatic carbocycles. The molecular formula is C18H20N6O. The molecule has 25 heavy (non-hydrogen) atoms. The van der Waals surface area contributed by atoms with Gasteiger partial charge in [-0.25, -0.2) is 9.67 Å². The first-order valence-corrected chi connectivity index (χ1v) is 8.56. The Morgan fingerprint density at radius 2 is 2.00 bits per heavy atom. The molecule has 4 rings (SSSR count).